The third kappa shape index (κ3) is 7.19. The zero-order valence-corrected chi connectivity index (χ0v) is 16.8. The van der Waals surface area contributed by atoms with Crippen molar-refractivity contribution in [3.05, 3.63) is 70.5 Å². The van der Waals surface area contributed by atoms with Gasteiger partial charge in [-0.3, -0.25) is 9.59 Å². The maximum atomic E-state index is 13.5. The van der Waals surface area contributed by atoms with Crippen molar-refractivity contribution >= 4 is 29.4 Å². The van der Waals surface area contributed by atoms with Crippen LogP contribution >= 0.6 is 11.6 Å². The van der Waals surface area contributed by atoms with Crippen molar-refractivity contribution in [2.24, 2.45) is 0 Å². The van der Waals surface area contributed by atoms with Gasteiger partial charge in [0, 0.05) is 24.8 Å². The molecule has 0 radical (unpaired) electrons. The van der Waals surface area contributed by atoms with Crippen molar-refractivity contribution in [2.75, 3.05) is 7.11 Å². The molecule has 2 aromatic carbocycles. The van der Waals surface area contributed by atoms with Gasteiger partial charge in [-0.15, -0.1) is 0 Å². The van der Waals surface area contributed by atoms with Crippen molar-refractivity contribution in [1.82, 2.24) is 10.6 Å². The van der Waals surface area contributed by atoms with Gasteiger partial charge in [0.15, 0.2) is 0 Å². The van der Waals surface area contributed by atoms with Crippen LogP contribution in [-0.4, -0.2) is 37.0 Å². The van der Waals surface area contributed by atoms with Crippen LogP contribution in [0.1, 0.15) is 18.1 Å². The highest BCUT2D eigenvalue weighted by atomic mass is 35.5. The lowest BCUT2D eigenvalue weighted by molar-refractivity contribution is -0.145. The molecule has 6 nitrogen and oxygen atoms in total. The van der Waals surface area contributed by atoms with E-state index in [0.717, 1.165) is 5.56 Å². The number of rotatable bonds is 8. The second kappa shape index (κ2) is 10.6. The third-order valence-electron chi connectivity index (χ3n) is 4.15. The molecule has 0 saturated carbocycles. The van der Waals surface area contributed by atoms with Crippen molar-refractivity contribution in [3.8, 4) is 0 Å². The first-order valence-electron chi connectivity index (χ1n) is 8.92. The molecule has 0 aliphatic carbocycles. The fraction of sp³-hybridized carbons (Fsp3) is 0.286. The fourth-order valence-electron chi connectivity index (χ4n) is 2.86. The van der Waals surface area contributed by atoms with E-state index in [-0.39, 0.29) is 12.8 Å². The maximum Gasteiger partial charge on any atom is 0.328 e. The highest BCUT2D eigenvalue weighted by Crippen LogP contribution is 2.13. The number of carbonyl (C=O) groups is 3. The number of benzene rings is 2. The lowest BCUT2D eigenvalue weighted by Crippen LogP contribution is -2.53. The Labute approximate surface area is 173 Å². The van der Waals surface area contributed by atoms with Crippen molar-refractivity contribution in [2.45, 2.75) is 31.8 Å². The Bertz CT molecular complexity index is 890. The van der Waals surface area contributed by atoms with Crippen LogP contribution in [0.5, 0.6) is 0 Å². The standard InChI is InChI=1S/C21H22ClFN2O4/c1-13(26)24-18(11-15-6-4-8-17(23)10-15)20(27)25-19(21(28)29-2)12-14-5-3-7-16(22)9-14/h3-10,18-19H,11-12H2,1-2H3,(H,24,26)(H,25,27)/t18-,19-/m0/s1. The van der Waals surface area contributed by atoms with Crippen LogP contribution < -0.4 is 10.6 Å². The second-order valence-electron chi connectivity index (χ2n) is 6.51. The Hall–Kier alpha value is -2.93. The summed E-state index contributed by atoms with van der Waals surface area (Å²) in [6.45, 7) is 1.27. The first kappa shape index (κ1) is 22.4. The average Bonchev–Trinajstić information content (AvgIpc) is 2.66. The Kier molecular flexibility index (Phi) is 8.15. The molecule has 2 rings (SSSR count). The molecule has 0 fully saturated rings. The molecule has 0 unspecified atom stereocenters. The molecule has 0 bridgehead atoms. The predicted octanol–water partition coefficient (Wildman–Crippen LogP) is 2.43. The topological polar surface area (TPSA) is 84.5 Å². The summed E-state index contributed by atoms with van der Waals surface area (Å²) in [5.41, 5.74) is 1.26. The molecule has 154 valence electrons. The number of hydrogen-bond acceptors (Lipinski definition) is 4. The molecule has 0 aromatic heterocycles. The van der Waals surface area contributed by atoms with Gasteiger partial charge in [0.1, 0.15) is 17.9 Å². The summed E-state index contributed by atoms with van der Waals surface area (Å²) in [7, 11) is 1.22. The van der Waals surface area contributed by atoms with E-state index >= 15 is 0 Å². The Morgan fingerprint density at radius 1 is 1.00 bits per heavy atom. The summed E-state index contributed by atoms with van der Waals surface area (Å²) < 4.78 is 18.2. The van der Waals surface area contributed by atoms with E-state index in [0.29, 0.717) is 10.6 Å². The molecule has 8 heteroatoms. The second-order valence-corrected chi connectivity index (χ2v) is 6.94. The SMILES string of the molecule is COC(=O)[C@H](Cc1cccc(Cl)c1)NC(=O)[C@H](Cc1cccc(F)c1)NC(C)=O. The number of carbonyl (C=O) groups excluding carboxylic acids is 3. The van der Waals surface area contributed by atoms with Gasteiger partial charge in [0.2, 0.25) is 11.8 Å². The van der Waals surface area contributed by atoms with Gasteiger partial charge in [-0.25, -0.2) is 9.18 Å². The maximum absolute atomic E-state index is 13.5. The van der Waals surface area contributed by atoms with Crippen LogP contribution in [0.2, 0.25) is 5.02 Å². The minimum Gasteiger partial charge on any atom is -0.467 e. The van der Waals surface area contributed by atoms with Crippen LogP contribution in [-0.2, 0) is 32.0 Å². The van der Waals surface area contributed by atoms with Gasteiger partial charge in [0.25, 0.3) is 0 Å². The number of hydrogen-bond donors (Lipinski definition) is 2. The molecule has 2 amide bonds. The molecule has 0 aliphatic heterocycles. The first-order chi connectivity index (χ1) is 13.8. The Balaban J connectivity index is 2.17. The van der Waals surface area contributed by atoms with Crippen LogP contribution in [0.25, 0.3) is 0 Å². The normalized spacial score (nSPS) is 12.6. The quantitative estimate of drug-likeness (QED) is 0.642. The highest BCUT2D eigenvalue weighted by Gasteiger charge is 2.27. The minimum atomic E-state index is -0.985. The number of amides is 2. The summed E-state index contributed by atoms with van der Waals surface area (Å²) in [6.07, 6.45) is 0.222. The lowest BCUT2D eigenvalue weighted by Gasteiger charge is -2.22. The smallest absolute Gasteiger partial charge is 0.328 e. The summed E-state index contributed by atoms with van der Waals surface area (Å²) in [4.78, 5) is 36.5. The van der Waals surface area contributed by atoms with Crippen LogP contribution in [0, 0.1) is 5.82 Å². The summed E-state index contributed by atoms with van der Waals surface area (Å²) in [5, 5.41) is 5.65. The number of ether oxygens (including phenoxy) is 1. The molecule has 0 spiro atoms. The molecule has 0 saturated heterocycles. The fourth-order valence-corrected chi connectivity index (χ4v) is 3.07. The molecule has 29 heavy (non-hydrogen) atoms. The molecule has 2 atom stereocenters. The minimum absolute atomic E-state index is 0.0637. The van der Waals surface area contributed by atoms with Crippen LogP contribution in [0.4, 0.5) is 4.39 Å². The van der Waals surface area contributed by atoms with E-state index in [1.165, 1.54) is 32.2 Å². The zero-order valence-electron chi connectivity index (χ0n) is 16.1. The van der Waals surface area contributed by atoms with Crippen LogP contribution in [0.15, 0.2) is 48.5 Å². The monoisotopic (exact) mass is 420 g/mol. The molecule has 2 aromatic rings. The van der Waals surface area contributed by atoms with Gasteiger partial charge in [0.05, 0.1) is 7.11 Å². The van der Waals surface area contributed by atoms with Gasteiger partial charge in [-0.2, -0.15) is 0 Å². The molecular weight excluding hydrogens is 399 g/mol. The zero-order chi connectivity index (χ0) is 21.4. The Morgan fingerprint density at radius 2 is 1.62 bits per heavy atom. The molecule has 2 N–H and O–H groups in total. The van der Waals surface area contributed by atoms with Crippen LogP contribution in [0.3, 0.4) is 0 Å². The number of nitrogens with one attached hydrogen (secondary N) is 2. The van der Waals surface area contributed by atoms with Gasteiger partial charge < -0.3 is 15.4 Å². The predicted molar refractivity (Wildman–Crippen MR) is 107 cm³/mol. The average molecular weight is 421 g/mol. The lowest BCUT2D eigenvalue weighted by atomic mass is 10.0. The molecule has 0 heterocycles. The number of halogens is 2. The van der Waals surface area contributed by atoms with Gasteiger partial charge in [-0.05, 0) is 35.4 Å². The van der Waals surface area contributed by atoms with E-state index in [1.807, 2.05) is 0 Å². The molecular formula is C21H22ClFN2O4. The first-order valence-corrected chi connectivity index (χ1v) is 9.30. The van der Waals surface area contributed by atoms with E-state index in [9.17, 15) is 18.8 Å². The number of methoxy groups -OCH3 is 1. The van der Waals surface area contributed by atoms with E-state index < -0.39 is 35.7 Å². The number of esters is 1. The van der Waals surface area contributed by atoms with Gasteiger partial charge in [-0.1, -0.05) is 35.9 Å². The molecule has 0 aliphatic rings. The third-order valence-corrected chi connectivity index (χ3v) is 4.39. The van der Waals surface area contributed by atoms with E-state index in [2.05, 4.69) is 10.6 Å². The summed E-state index contributed by atoms with van der Waals surface area (Å²) in [6, 6.07) is 10.7. The van der Waals surface area contributed by atoms with E-state index in [4.69, 9.17) is 16.3 Å². The highest BCUT2D eigenvalue weighted by molar-refractivity contribution is 6.30. The van der Waals surface area contributed by atoms with Crippen molar-refractivity contribution < 1.29 is 23.5 Å². The summed E-state index contributed by atoms with van der Waals surface area (Å²) >= 11 is 5.98. The largest absolute Gasteiger partial charge is 0.467 e. The summed E-state index contributed by atoms with van der Waals surface area (Å²) in [5.74, 6) is -2.09. The van der Waals surface area contributed by atoms with Crippen molar-refractivity contribution in [1.29, 1.82) is 0 Å². The van der Waals surface area contributed by atoms with Gasteiger partial charge >= 0.3 is 5.97 Å². The van der Waals surface area contributed by atoms with E-state index in [1.54, 1.807) is 30.3 Å². The van der Waals surface area contributed by atoms with Crippen molar-refractivity contribution in [3.63, 3.8) is 0 Å². The Morgan fingerprint density at radius 3 is 2.21 bits per heavy atom.